The third-order valence-corrected chi connectivity index (χ3v) is 3.45. The minimum absolute atomic E-state index is 0.0407. The number of allylic oxidation sites excluding steroid dienone is 1. The molecule has 5 heteroatoms. The van der Waals surface area contributed by atoms with Crippen LogP contribution in [0.2, 0.25) is 0 Å². The van der Waals surface area contributed by atoms with E-state index in [1.165, 1.54) is 6.08 Å². The van der Waals surface area contributed by atoms with E-state index >= 15 is 0 Å². The molecule has 0 spiro atoms. The molecule has 120 valence electrons. The number of carbonyl (C=O) groups excluding carboxylic acids is 1. The third-order valence-electron chi connectivity index (χ3n) is 3.45. The van der Waals surface area contributed by atoms with Crippen LogP contribution in [0.15, 0.2) is 48.5 Å². The van der Waals surface area contributed by atoms with Crippen molar-refractivity contribution < 1.29 is 19.0 Å². The number of para-hydroxylation sites is 1. The number of nitrogens with zero attached hydrogens (tertiary/aromatic N) is 1. The summed E-state index contributed by atoms with van der Waals surface area (Å²) in [7, 11) is 0. The van der Waals surface area contributed by atoms with Crippen molar-refractivity contribution >= 4 is 11.9 Å². The highest BCUT2D eigenvalue weighted by Crippen LogP contribution is 2.31. The maximum absolute atomic E-state index is 12.4. The van der Waals surface area contributed by atoms with Crippen LogP contribution < -0.4 is 14.2 Å². The molecule has 0 radical (unpaired) electrons. The Morgan fingerprint density at radius 3 is 2.79 bits per heavy atom. The first-order chi connectivity index (χ1) is 11.8. The number of carbonyl (C=O) groups is 1. The van der Waals surface area contributed by atoms with Gasteiger partial charge in [-0.2, -0.15) is 5.26 Å². The lowest BCUT2D eigenvalue weighted by molar-refractivity contribution is 0.104. The van der Waals surface area contributed by atoms with E-state index in [0.29, 0.717) is 36.0 Å². The Balaban J connectivity index is 1.77. The lowest BCUT2D eigenvalue weighted by Gasteiger charge is -2.18. The number of fused-ring (bicyclic) bond motifs is 1. The Bertz CT molecular complexity index is 820. The normalized spacial score (nSPS) is 12.6. The van der Waals surface area contributed by atoms with Crippen molar-refractivity contribution in [1.29, 1.82) is 5.26 Å². The molecule has 5 nitrogen and oxygen atoms in total. The van der Waals surface area contributed by atoms with Crippen LogP contribution in [0.3, 0.4) is 0 Å². The molecule has 0 atom stereocenters. The molecule has 1 heterocycles. The van der Waals surface area contributed by atoms with Crippen LogP contribution in [0, 0.1) is 11.3 Å². The Hall–Kier alpha value is -3.26. The van der Waals surface area contributed by atoms with Crippen LogP contribution in [0.4, 0.5) is 0 Å². The molecule has 0 saturated heterocycles. The van der Waals surface area contributed by atoms with E-state index in [1.54, 1.807) is 30.3 Å². The number of ether oxygens (including phenoxy) is 3. The summed E-state index contributed by atoms with van der Waals surface area (Å²) in [6.07, 6.45) is 3.14. The second-order valence-electron chi connectivity index (χ2n) is 5.04. The van der Waals surface area contributed by atoms with Gasteiger partial charge >= 0.3 is 0 Å². The van der Waals surface area contributed by atoms with Gasteiger partial charge in [-0.05, 0) is 36.4 Å². The van der Waals surface area contributed by atoms with Gasteiger partial charge in [0.2, 0.25) is 0 Å². The van der Waals surface area contributed by atoms with E-state index in [2.05, 4.69) is 0 Å². The Labute approximate surface area is 139 Å². The molecular formula is C19H15NO4. The molecule has 24 heavy (non-hydrogen) atoms. The highest BCUT2D eigenvalue weighted by Gasteiger charge is 2.13. The van der Waals surface area contributed by atoms with Crippen molar-refractivity contribution in [1.82, 2.24) is 0 Å². The second kappa shape index (κ2) is 7.34. The van der Waals surface area contributed by atoms with Crippen molar-refractivity contribution in [2.45, 2.75) is 0 Å². The Morgan fingerprint density at radius 1 is 1.17 bits per heavy atom. The van der Waals surface area contributed by atoms with Crippen molar-refractivity contribution in [2.24, 2.45) is 0 Å². The standard InChI is InChI=1S/C19H15NO4/c20-9-10-22-17-4-2-1-3-14(17)5-7-16(21)15-6-8-18-19(13-15)24-12-11-23-18/h1-8,13H,10-12H2/b7-5+. The van der Waals surface area contributed by atoms with Crippen molar-refractivity contribution in [3.8, 4) is 23.3 Å². The van der Waals surface area contributed by atoms with E-state index in [1.807, 2.05) is 24.3 Å². The van der Waals surface area contributed by atoms with Crippen molar-refractivity contribution in [2.75, 3.05) is 19.8 Å². The van der Waals surface area contributed by atoms with Crippen molar-refractivity contribution in [3.63, 3.8) is 0 Å². The molecule has 1 aliphatic heterocycles. The minimum Gasteiger partial charge on any atom is -0.486 e. The fraction of sp³-hybridized carbons (Fsp3) is 0.158. The largest absolute Gasteiger partial charge is 0.486 e. The summed E-state index contributed by atoms with van der Waals surface area (Å²) in [5.41, 5.74) is 1.25. The fourth-order valence-corrected chi connectivity index (χ4v) is 2.32. The molecule has 2 aromatic carbocycles. The van der Waals surface area contributed by atoms with Gasteiger partial charge in [0.05, 0.1) is 0 Å². The highest BCUT2D eigenvalue weighted by molar-refractivity contribution is 6.07. The predicted molar refractivity (Wildman–Crippen MR) is 88.3 cm³/mol. The van der Waals surface area contributed by atoms with Crippen LogP contribution in [0.5, 0.6) is 17.2 Å². The van der Waals surface area contributed by atoms with Crippen LogP contribution in [0.25, 0.3) is 6.08 Å². The summed E-state index contributed by atoms with van der Waals surface area (Å²) in [6.45, 7) is 0.949. The molecule has 0 bridgehead atoms. The van der Waals surface area contributed by atoms with E-state index in [9.17, 15) is 4.79 Å². The lowest BCUT2D eigenvalue weighted by Crippen LogP contribution is -2.15. The smallest absolute Gasteiger partial charge is 0.185 e. The van der Waals surface area contributed by atoms with Crippen LogP contribution in [-0.4, -0.2) is 25.6 Å². The number of ketones is 1. The second-order valence-corrected chi connectivity index (χ2v) is 5.04. The zero-order valence-electron chi connectivity index (χ0n) is 12.9. The van der Waals surface area contributed by atoms with Gasteiger partial charge in [-0.15, -0.1) is 0 Å². The highest BCUT2D eigenvalue weighted by atomic mass is 16.6. The SMILES string of the molecule is N#CCOc1ccccc1/C=C/C(=O)c1ccc2c(c1)OCCO2. The van der Waals surface area contributed by atoms with Gasteiger partial charge in [0, 0.05) is 11.1 Å². The molecule has 0 saturated carbocycles. The Morgan fingerprint density at radius 2 is 1.96 bits per heavy atom. The molecule has 2 aromatic rings. The fourth-order valence-electron chi connectivity index (χ4n) is 2.32. The van der Waals surface area contributed by atoms with Crippen LogP contribution >= 0.6 is 0 Å². The maximum atomic E-state index is 12.4. The lowest BCUT2D eigenvalue weighted by atomic mass is 10.1. The van der Waals surface area contributed by atoms with Gasteiger partial charge in [-0.25, -0.2) is 0 Å². The molecule has 0 unspecified atom stereocenters. The number of rotatable bonds is 5. The first-order valence-corrected chi connectivity index (χ1v) is 7.49. The first kappa shape index (κ1) is 15.6. The summed E-state index contributed by atoms with van der Waals surface area (Å²) in [6, 6.07) is 14.3. The van der Waals surface area contributed by atoms with E-state index in [4.69, 9.17) is 19.5 Å². The monoisotopic (exact) mass is 321 g/mol. The van der Waals surface area contributed by atoms with Gasteiger partial charge < -0.3 is 14.2 Å². The van der Waals surface area contributed by atoms with Gasteiger partial charge in [0.25, 0.3) is 0 Å². The third kappa shape index (κ3) is 3.55. The summed E-state index contributed by atoms with van der Waals surface area (Å²) in [5.74, 6) is 1.64. The molecule has 1 aliphatic rings. The van der Waals surface area contributed by atoms with Gasteiger partial charge in [0.1, 0.15) is 25.0 Å². The molecule has 0 amide bonds. The quantitative estimate of drug-likeness (QED) is 0.624. The van der Waals surface area contributed by atoms with Gasteiger partial charge in [-0.1, -0.05) is 18.2 Å². The summed E-state index contributed by atoms with van der Waals surface area (Å²) in [5, 5.41) is 8.61. The van der Waals surface area contributed by atoms with E-state index < -0.39 is 0 Å². The minimum atomic E-state index is -0.151. The van der Waals surface area contributed by atoms with Crippen molar-refractivity contribution in [3.05, 3.63) is 59.7 Å². The summed E-state index contributed by atoms with van der Waals surface area (Å²) < 4.78 is 16.3. The zero-order chi connectivity index (χ0) is 16.8. The number of hydrogen-bond donors (Lipinski definition) is 0. The number of benzene rings is 2. The average molecular weight is 321 g/mol. The van der Waals surface area contributed by atoms with E-state index in [-0.39, 0.29) is 12.4 Å². The molecule has 0 aliphatic carbocycles. The van der Waals surface area contributed by atoms with E-state index in [0.717, 1.165) is 5.56 Å². The zero-order valence-corrected chi connectivity index (χ0v) is 12.9. The number of nitriles is 1. The van der Waals surface area contributed by atoms with Gasteiger partial charge in [-0.3, -0.25) is 4.79 Å². The molecule has 0 aromatic heterocycles. The molecule has 3 rings (SSSR count). The van der Waals surface area contributed by atoms with Gasteiger partial charge in [0.15, 0.2) is 23.9 Å². The number of hydrogen-bond acceptors (Lipinski definition) is 5. The topological polar surface area (TPSA) is 68.5 Å². The molecule has 0 fully saturated rings. The maximum Gasteiger partial charge on any atom is 0.185 e. The average Bonchev–Trinajstić information content (AvgIpc) is 2.64. The summed E-state index contributed by atoms with van der Waals surface area (Å²) in [4.78, 5) is 12.4. The summed E-state index contributed by atoms with van der Waals surface area (Å²) >= 11 is 0. The van der Waals surface area contributed by atoms with Crippen LogP contribution in [0.1, 0.15) is 15.9 Å². The Kier molecular flexibility index (Phi) is 4.78. The molecule has 0 N–H and O–H groups in total. The predicted octanol–water partition coefficient (Wildman–Crippen LogP) is 3.26. The molecular weight excluding hydrogens is 306 g/mol. The first-order valence-electron chi connectivity index (χ1n) is 7.49. The van der Waals surface area contributed by atoms with Crippen LogP contribution in [-0.2, 0) is 0 Å².